The maximum Gasteiger partial charge on any atom is 0.312 e. The highest BCUT2D eigenvalue weighted by Crippen LogP contribution is 2.55. The van der Waals surface area contributed by atoms with Gasteiger partial charge >= 0.3 is 11.8 Å². The maximum absolute atomic E-state index is 14.4. The van der Waals surface area contributed by atoms with Crippen molar-refractivity contribution >= 4 is 34.1 Å². The molecule has 4 heterocycles. The van der Waals surface area contributed by atoms with Crippen LogP contribution in [0.15, 0.2) is 36.1 Å². The Bertz CT molecular complexity index is 1980. The molecule has 0 aromatic heterocycles. The number of likely N-dealkylation sites (tertiary alicyclic amines) is 1. The fourth-order valence-electron chi connectivity index (χ4n) is 8.48. The van der Waals surface area contributed by atoms with Crippen LogP contribution in [0.3, 0.4) is 0 Å². The quantitative estimate of drug-likeness (QED) is 0.121. The lowest BCUT2D eigenvalue weighted by molar-refractivity contribution is -0.160. The van der Waals surface area contributed by atoms with Gasteiger partial charge in [0.25, 0.3) is 11.7 Å². The number of hydrogen-bond donors (Lipinski definition) is 6. The Kier molecular flexibility index (Phi) is 13.9. The van der Waals surface area contributed by atoms with Crippen LogP contribution in [0.25, 0.3) is 10.8 Å². The van der Waals surface area contributed by atoms with Gasteiger partial charge in [0.1, 0.15) is 23.4 Å². The number of rotatable bonds is 5. The van der Waals surface area contributed by atoms with Crippen LogP contribution in [0, 0.1) is 30.6 Å². The highest BCUT2D eigenvalue weighted by atomic mass is 16.7. The van der Waals surface area contributed by atoms with Gasteiger partial charge in [0.05, 0.1) is 41.2 Å². The number of carbonyl (C=O) groups is 3. The first-order valence-corrected chi connectivity index (χ1v) is 20.1. The highest BCUT2D eigenvalue weighted by Gasteiger charge is 2.50. The van der Waals surface area contributed by atoms with Crippen LogP contribution in [0.5, 0.6) is 23.0 Å². The van der Waals surface area contributed by atoms with E-state index in [2.05, 4.69) is 10.2 Å². The van der Waals surface area contributed by atoms with Gasteiger partial charge in [0, 0.05) is 73.3 Å². The standard InChI is InChI=1S/C44H60N2O12/c1-22-14-13-15-23(2)43(54)45-34-29(16-20-46-18-11-10-12-19-46)38(51)31-32(39(34)52)37(50)27(6)41-33(31)42(53)44(8,58-41)56-21-17-30(55-9)24(3)40(57-28(7)47)26(5)36(49)25(4)35(22)48/h13-15,17,21-22,24-26,30,35-36,40,48-52H,10-12,16,18-20H2,1-9H3,(H,45,54)/b14-13+,21-17+,23-15-/t22-,24+,25+,26+,30-,35-,36+,40+,44-/m0/s1. The third-order valence-corrected chi connectivity index (χ3v) is 12.2. The number of aromatic hydroxyl groups is 3. The Morgan fingerprint density at radius 3 is 2.24 bits per heavy atom. The fourth-order valence-corrected chi connectivity index (χ4v) is 8.48. The first kappa shape index (κ1) is 44.5. The summed E-state index contributed by atoms with van der Waals surface area (Å²) in [4.78, 5) is 42.7. The Hall–Kier alpha value is -4.63. The number of piperidine rings is 1. The summed E-state index contributed by atoms with van der Waals surface area (Å²) in [5.74, 6) is -7.74. The second-order valence-corrected chi connectivity index (χ2v) is 16.3. The number of aliphatic hydroxyl groups is 2. The SMILES string of the molecule is CO[C@H]1/C=C/O[C@@]2(C)Oc3c(C)c(O)c4c(O)c(c(CCN5CCCCC5)c(O)c4c3C2=O)NC(=O)/C(C)=C\C=C\[C@H](C)[C@H](O)[C@@H](C)[C@@H](O)[C@@H](C)[C@H](OC(C)=O)[C@@H]1C. The number of ether oxygens (including phenoxy) is 4. The summed E-state index contributed by atoms with van der Waals surface area (Å²) < 4.78 is 23.7. The first-order chi connectivity index (χ1) is 27.3. The summed E-state index contributed by atoms with van der Waals surface area (Å²) >= 11 is 0. The van der Waals surface area contributed by atoms with Gasteiger partial charge in [0.2, 0.25) is 0 Å². The summed E-state index contributed by atoms with van der Waals surface area (Å²) in [5.41, 5.74) is 0.278. The van der Waals surface area contributed by atoms with E-state index in [4.69, 9.17) is 18.9 Å². The number of carbonyl (C=O) groups excluding carboxylic acids is 3. The highest BCUT2D eigenvalue weighted by molar-refractivity contribution is 6.22. The van der Waals surface area contributed by atoms with Gasteiger partial charge in [-0.1, -0.05) is 52.3 Å². The number of fused-ring (bicyclic) bond motifs is 14. The molecular formula is C44H60N2O12. The summed E-state index contributed by atoms with van der Waals surface area (Å²) in [6.45, 7) is 14.9. The number of nitrogens with zero attached hydrogens (tertiary/aromatic N) is 1. The first-order valence-electron chi connectivity index (χ1n) is 20.1. The van der Waals surface area contributed by atoms with Crippen molar-refractivity contribution in [3.8, 4) is 23.0 Å². The lowest BCUT2D eigenvalue weighted by atomic mass is 9.78. The number of amides is 1. The number of phenolic OH excluding ortho intramolecular Hbond substituents is 3. The van der Waals surface area contributed by atoms with Crippen molar-refractivity contribution in [3.63, 3.8) is 0 Å². The Morgan fingerprint density at radius 2 is 1.60 bits per heavy atom. The molecule has 1 amide bonds. The number of Topliss-reactive ketones (excluding diaryl/α,β-unsaturated/α-hetero) is 1. The molecule has 5 bridgehead atoms. The number of hydrogen-bond acceptors (Lipinski definition) is 13. The zero-order valence-corrected chi connectivity index (χ0v) is 35.0. The van der Waals surface area contributed by atoms with Crippen LogP contribution in [0.2, 0.25) is 0 Å². The van der Waals surface area contributed by atoms with Crippen LogP contribution in [-0.2, 0) is 30.2 Å². The lowest BCUT2D eigenvalue weighted by Gasteiger charge is -2.38. The number of aliphatic hydroxyl groups excluding tert-OH is 2. The minimum Gasteiger partial charge on any atom is -0.507 e. The summed E-state index contributed by atoms with van der Waals surface area (Å²) in [6, 6.07) is 0. The van der Waals surface area contributed by atoms with E-state index in [1.54, 1.807) is 46.8 Å². The van der Waals surface area contributed by atoms with Crippen LogP contribution in [0.4, 0.5) is 5.69 Å². The fraction of sp³-hybridized carbons (Fsp3) is 0.568. The molecule has 9 atom stereocenters. The third-order valence-electron chi connectivity index (χ3n) is 12.2. The molecular weight excluding hydrogens is 748 g/mol. The monoisotopic (exact) mass is 808 g/mol. The summed E-state index contributed by atoms with van der Waals surface area (Å²) in [6.07, 6.45) is 7.10. The number of benzene rings is 2. The van der Waals surface area contributed by atoms with Gasteiger partial charge in [-0.05, 0) is 52.3 Å². The van der Waals surface area contributed by atoms with Crippen molar-refractivity contribution in [1.82, 2.24) is 4.90 Å². The zero-order valence-electron chi connectivity index (χ0n) is 35.0. The topological polar surface area (TPSA) is 205 Å². The molecule has 0 saturated carbocycles. The normalized spacial score (nSPS) is 32.2. The smallest absolute Gasteiger partial charge is 0.312 e. The molecule has 4 aliphatic rings. The number of allylic oxidation sites excluding steroid dienone is 2. The van der Waals surface area contributed by atoms with Gasteiger partial charge in [0.15, 0.2) is 5.75 Å². The number of ketones is 1. The van der Waals surface area contributed by atoms with Gasteiger partial charge in [-0.15, -0.1) is 0 Å². The Morgan fingerprint density at radius 1 is 0.931 bits per heavy atom. The molecule has 58 heavy (non-hydrogen) atoms. The van der Waals surface area contributed by atoms with Crippen molar-refractivity contribution in [2.75, 3.05) is 32.1 Å². The number of methoxy groups -OCH3 is 1. The Balaban J connectivity index is 1.68. The number of esters is 1. The molecule has 6 N–H and O–H groups in total. The van der Waals surface area contributed by atoms with Gasteiger partial charge < -0.3 is 54.7 Å². The number of anilines is 1. The van der Waals surface area contributed by atoms with E-state index in [0.717, 1.165) is 32.4 Å². The van der Waals surface area contributed by atoms with Gasteiger partial charge in [-0.25, -0.2) is 0 Å². The van der Waals surface area contributed by atoms with E-state index in [0.29, 0.717) is 6.54 Å². The van der Waals surface area contributed by atoms with Crippen LogP contribution < -0.4 is 10.1 Å². The summed E-state index contributed by atoms with van der Waals surface area (Å²) in [5, 5.41) is 60.9. The van der Waals surface area contributed by atoms with Crippen molar-refractivity contribution in [1.29, 1.82) is 0 Å². The van der Waals surface area contributed by atoms with Crippen LogP contribution >= 0.6 is 0 Å². The molecule has 14 heteroatoms. The number of nitrogens with one attached hydrogen (secondary N) is 1. The van der Waals surface area contributed by atoms with Crippen LogP contribution in [0.1, 0.15) is 89.2 Å². The molecule has 0 radical (unpaired) electrons. The van der Waals surface area contributed by atoms with Crippen molar-refractivity contribution in [2.45, 2.75) is 111 Å². The van der Waals surface area contributed by atoms with E-state index in [1.165, 1.54) is 46.3 Å². The van der Waals surface area contributed by atoms with Gasteiger partial charge in [-0.3, -0.25) is 14.4 Å². The molecule has 2 aromatic rings. The predicted octanol–water partition coefficient (Wildman–Crippen LogP) is 5.78. The predicted molar refractivity (Wildman–Crippen MR) is 218 cm³/mol. The van der Waals surface area contributed by atoms with Crippen LogP contribution in [-0.4, -0.2) is 105 Å². The average molecular weight is 809 g/mol. The minimum absolute atomic E-state index is 0.0459. The van der Waals surface area contributed by atoms with Crippen molar-refractivity contribution < 1.29 is 58.9 Å². The maximum atomic E-state index is 14.4. The minimum atomic E-state index is -2.00. The summed E-state index contributed by atoms with van der Waals surface area (Å²) in [7, 11) is 1.45. The molecule has 4 aliphatic heterocycles. The third kappa shape index (κ3) is 8.70. The molecule has 14 nitrogen and oxygen atoms in total. The molecule has 2 aromatic carbocycles. The van der Waals surface area contributed by atoms with E-state index in [9.17, 15) is 39.9 Å². The van der Waals surface area contributed by atoms with E-state index in [-0.39, 0.29) is 50.9 Å². The molecule has 0 spiro atoms. The van der Waals surface area contributed by atoms with E-state index >= 15 is 0 Å². The molecule has 0 aliphatic carbocycles. The second kappa shape index (κ2) is 18.1. The molecule has 6 rings (SSSR count). The van der Waals surface area contributed by atoms with Crippen molar-refractivity contribution in [3.05, 3.63) is 52.8 Å². The Labute approximate surface area is 340 Å². The van der Waals surface area contributed by atoms with Crippen molar-refractivity contribution in [2.24, 2.45) is 23.7 Å². The molecule has 1 saturated heterocycles. The lowest BCUT2D eigenvalue weighted by Crippen LogP contribution is -2.46. The van der Waals surface area contributed by atoms with E-state index in [1.807, 2.05) is 0 Å². The number of phenols is 3. The zero-order chi connectivity index (χ0) is 42.8. The molecule has 318 valence electrons. The largest absolute Gasteiger partial charge is 0.507 e. The average Bonchev–Trinajstić information content (AvgIpc) is 3.46. The molecule has 1 fully saturated rings. The second-order valence-electron chi connectivity index (χ2n) is 16.3. The molecule has 0 unspecified atom stereocenters. The van der Waals surface area contributed by atoms with E-state index < -0.39 is 88.8 Å². The van der Waals surface area contributed by atoms with Gasteiger partial charge in [-0.2, -0.15) is 0 Å².